The molecule has 3 nitrogen and oxygen atoms in total. The summed E-state index contributed by atoms with van der Waals surface area (Å²) >= 11 is 0. The Morgan fingerprint density at radius 2 is 2.21 bits per heavy atom. The van der Waals surface area contributed by atoms with E-state index in [1.54, 1.807) is 6.20 Å². The molecule has 1 aliphatic rings. The van der Waals surface area contributed by atoms with Crippen molar-refractivity contribution >= 4 is 10.9 Å². The van der Waals surface area contributed by atoms with Gasteiger partial charge in [-0.3, -0.25) is 0 Å². The van der Waals surface area contributed by atoms with Crippen molar-refractivity contribution in [2.45, 2.75) is 19.8 Å². The quantitative estimate of drug-likeness (QED) is 0.782. The largest absolute Gasteiger partial charge is 0.357 e. The first kappa shape index (κ1) is 7.97. The Morgan fingerprint density at radius 3 is 2.93 bits per heavy atom. The number of hydrogen-bond acceptors (Lipinski definition) is 2. The van der Waals surface area contributed by atoms with Crippen LogP contribution >= 0.6 is 0 Å². The van der Waals surface area contributed by atoms with Gasteiger partial charge in [0.05, 0.1) is 17.9 Å². The van der Waals surface area contributed by atoms with Gasteiger partial charge >= 0.3 is 0 Å². The molecule has 1 N–H and O–H groups in total. The fourth-order valence-electron chi connectivity index (χ4n) is 2.02. The number of H-pyrrole nitrogens is 1. The highest BCUT2D eigenvalue weighted by Crippen LogP contribution is 2.40. The number of nitrogens with zero attached hydrogens (tertiary/aromatic N) is 2. The van der Waals surface area contributed by atoms with Gasteiger partial charge in [-0.15, -0.1) is 0 Å². The van der Waals surface area contributed by atoms with Gasteiger partial charge in [0.15, 0.2) is 0 Å². The summed E-state index contributed by atoms with van der Waals surface area (Å²) in [7, 11) is 0. The van der Waals surface area contributed by atoms with Gasteiger partial charge in [-0.25, -0.2) is 0 Å². The Bertz CT molecular complexity index is 427. The topological polar surface area (TPSA) is 41.6 Å². The smallest absolute Gasteiger partial charge is 0.0737 e. The Kier molecular flexibility index (Phi) is 1.60. The van der Waals surface area contributed by atoms with Crippen LogP contribution < -0.4 is 0 Å². The van der Waals surface area contributed by atoms with Crippen LogP contribution in [0.4, 0.5) is 0 Å². The zero-order chi connectivity index (χ0) is 9.54. The van der Waals surface area contributed by atoms with Crippen LogP contribution in [-0.4, -0.2) is 15.2 Å². The predicted molar refractivity (Wildman–Crippen MR) is 54.9 cm³/mol. The minimum absolute atomic E-state index is 0.893. The van der Waals surface area contributed by atoms with E-state index in [-0.39, 0.29) is 0 Å². The molecule has 0 aromatic carbocycles. The second kappa shape index (κ2) is 2.80. The molecule has 1 fully saturated rings. The van der Waals surface area contributed by atoms with E-state index in [0.717, 1.165) is 17.4 Å². The maximum Gasteiger partial charge on any atom is 0.0737 e. The zero-order valence-corrected chi connectivity index (χ0v) is 8.20. The van der Waals surface area contributed by atoms with Crippen LogP contribution in [-0.2, 0) is 6.42 Å². The van der Waals surface area contributed by atoms with Crippen molar-refractivity contribution in [3.8, 4) is 0 Å². The highest BCUT2D eigenvalue weighted by molar-refractivity contribution is 5.78. The summed E-state index contributed by atoms with van der Waals surface area (Å²) in [6, 6.07) is 2.19. The maximum atomic E-state index is 3.87. The minimum atomic E-state index is 0.893. The molecule has 0 radical (unpaired) electrons. The average molecular weight is 187 g/mol. The molecule has 2 aromatic heterocycles. The molecule has 2 heterocycles. The molecule has 0 aliphatic heterocycles. The minimum Gasteiger partial charge on any atom is -0.357 e. The molecule has 0 spiro atoms. The lowest BCUT2D eigenvalue weighted by molar-refractivity contribution is 0.736. The Balaban J connectivity index is 1.90. The van der Waals surface area contributed by atoms with Crippen LogP contribution in [0.1, 0.15) is 19.0 Å². The first-order chi connectivity index (χ1) is 6.83. The van der Waals surface area contributed by atoms with Crippen molar-refractivity contribution in [3.63, 3.8) is 0 Å². The summed E-state index contributed by atoms with van der Waals surface area (Å²) in [4.78, 5) is 3.38. The van der Waals surface area contributed by atoms with Gasteiger partial charge in [0.2, 0.25) is 0 Å². The monoisotopic (exact) mass is 187 g/mol. The van der Waals surface area contributed by atoms with Crippen molar-refractivity contribution in [1.29, 1.82) is 0 Å². The van der Waals surface area contributed by atoms with E-state index in [9.17, 15) is 0 Å². The lowest BCUT2D eigenvalue weighted by Gasteiger charge is -1.92. The molecule has 72 valence electrons. The normalized spacial score (nSPS) is 25.5. The summed E-state index contributed by atoms with van der Waals surface area (Å²) in [6.07, 6.45) is 6.16. The van der Waals surface area contributed by atoms with Gasteiger partial charge in [-0.05, 0) is 30.7 Å². The molecule has 1 aliphatic carbocycles. The number of hydrogen-bond donors (Lipinski definition) is 1. The third-order valence-corrected chi connectivity index (χ3v) is 3.14. The molecular weight excluding hydrogens is 174 g/mol. The summed E-state index contributed by atoms with van der Waals surface area (Å²) in [5, 5.41) is 8.89. The molecule has 0 saturated heterocycles. The molecule has 1 saturated carbocycles. The zero-order valence-electron chi connectivity index (χ0n) is 8.20. The SMILES string of the molecule is C[C@H]1C[C@H]1Cc1cc2cnncc2[nH]1. The van der Waals surface area contributed by atoms with Crippen molar-refractivity contribution in [3.05, 3.63) is 24.2 Å². The molecule has 3 rings (SSSR count). The van der Waals surface area contributed by atoms with Gasteiger partial charge < -0.3 is 4.98 Å². The van der Waals surface area contributed by atoms with Crippen LogP contribution in [0.25, 0.3) is 10.9 Å². The maximum absolute atomic E-state index is 3.87. The van der Waals surface area contributed by atoms with Crippen molar-refractivity contribution in [2.24, 2.45) is 11.8 Å². The van der Waals surface area contributed by atoms with Crippen LogP contribution in [0.3, 0.4) is 0 Å². The molecule has 0 unspecified atom stereocenters. The van der Waals surface area contributed by atoms with Crippen molar-refractivity contribution < 1.29 is 0 Å². The van der Waals surface area contributed by atoms with Crippen molar-refractivity contribution in [1.82, 2.24) is 15.2 Å². The second-order valence-corrected chi connectivity index (χ2v) is 4.33. The van der Waals surface area contributed by atoms with Crippen LogP contribution in [0.15, 0.2) is 18.5 Å². The van der Waals surface area contributed by atoms with Crippen LogP contribution in [0.2, 0.25) is 0 Å². The van der Waals surface area contributed by atoms with E-state index in [1.165, 1.54) is 23.9 Å². The third kappa shape index (κ3) is 1.29. The lowest BCUT2D eigenvalue weighted by Crippen LogP contribution is -1.87. The highest BCUT2D eigenvalue weighted by atomic mass is 15.1. The summed E-state index contributed by atoms with van der Waals surface area (Å²) in [6.45, 7) is 2.32. The average Bonchev–Trinajstić information content (AvgIpc) is 2.74. The van der Waals surface area contributed by atoms with Gasteiger partial charge in [0, 0.05) is 11.1 Å². The Hall–Kier alpha value is -1.38. The lowest BCUT2D eigenvalue weighted by atomic mass is 10.2. The van der Waals surface area contributed by atoms with E-state index >= 15 is 0 Å². The standard InChI is InChI=1S/C11H13N3/c1-7-2-8(7)3-10-4-9-5-12-13-6-11(9)14-10/h4-8,14H,2-3H2,1H3/t7-,8-/m0/s1. The van der Waals surface area contributed by atoms with Gasteiger partial charge in [-0.2, -0.15) is 10.2 Å². The molecule has 3 heteroatoms. The van der Waals surface area contributed by atoms with E-state index in [2.05, 4.69) is 28.2 Å². The number of aromatic nitrogens is 3. The fraction of sp³-hybridized carbons (Fsp3) is 0.455. The fourth-order valence-corrected chi connectivity index (χ4v) is 2.02. The molecule has 2 atom stereocenters. The van der Waals surface area contributed by atoms with E-state index in [0.29, 0.717) is 0 Å². The van der Waals surface area contributed by atoms with Gasteiger partial charge in [0.25, 0.3) is 0 Å². The molecule has 14 heavy (non-hydrogen) atoms. The number of nitrogens with one attached hydrogen (secondary N) is 1. The van der Waals surface area contributed by atoms with Crippen molar-refractivity contribution in [2.75, 3.05) is 0 Å². The van der Waals surface area contributed by atoms with E-state index in [4.69, 9.17) is 0 Å². The first-order valence-corrected chi connectivity index (χ1v) is 5.11. The molecular formula is C11H13N3. The van der Waals surface area contributed by atoms with Gasteiger partial charge in [-0.1, -0.05) is 6.92 Å². The Morgan fingerprint density at radius 1 is 1.43 bits per heavy atom. The summed E-state index contributed by atoms with van der Waals surface area (Å²) < 4.78 is 0. The second-order valence-electron chi connectivity index (χ2n) is 4.33. The first-order valence-electron chi connectivity index (χ1n) is 5.11. The predicted octanol–water partition coefficient (Wildman–Crippen LogP) is 2.16. The van der Waals surface area contributed by atoms with Gasteiger partial charge in [0.1, 0.15) is 0 Å². The number of rotatable bonds is 2. The molecule has 0 bridgehead atoms. The Labute approximate surface area is 82.5 Å². The molecule has 0 amide bonds. The summed E-state index contributed by atoms with van der Waals surface area (Å²) in [5.74, 6) is 1.81. The number of fused-ring (bicyclic) bond motifs is 1. The highest BCUT2D eigenvalue weighted by Gasteiger charge is 2.32. The third-order valence-electron chi connectivity index (χ3n) is 3.14. The van der Waals surface area contributed by atoms with Crippen LogP contribution in [0.5, 0.6) is 0 Å². The molecule has 2 aromatic rings. The summed E-state index contributed by atoms with van der Waals surface area (Å²) in [5.41, 5.74) is 2.42. The van der Waals surface area contributed by atoms with E-state index < -0.39 is 0 Å². The van der Waals surface area contributed by atoms with Crippen LogP contribution in [0, 0.1) is 11.8 Å². The number of aromatic amines is 1. The van der Waals surface area contributed by atoms with E-state index in [1.807, 2.05) is 6.20 Å².